The van der Waals surface area contributed by atoms with Crippen molar-refractivity contribution in [3.05, 3.63) is 81.3 Å². The standard InChI is InChI=1S/C22H19Cl3N2O4S/c1-14-3-8-20(31-2)21(9-14)32(29,30)27(19-6-4-15(23)5-7-19)13-22(28)26-18-11-16(24)10-17(25)12-18/h3-12H,13H2,1-2H3,(H,26,28). The number of anilines is 2. The van der Waals surface area contributed by atoms with Gasteiger partial charge in [0.25, 0.3) is 10.0 Å². The van der Waals surface area contributed by atoms with Crippen molar-refractivity contribution in [1.29, 1.82) is 0 Å². The normalized spacial score (nSPS) is 11.2. The maximum absolute atomic E-state index is 13.6. The monoisotopic (exact) mass is 512 g/mol. The molecule has 6 nitrogen and oxygen atoms in total. The van der Waals surface area contributed by atoms with Gasteiger partial charge >= 0.3 is 0 Å². The molecule has 0 aromatic heterocycles. The van der Waals surface area contributed by atoms with Crippen molar-refractivity contribution < 1.29 is 17.9 Å². The summed E-state index contributed by atoms with van der Waals surface area (Å²) in [6.45, 7) is 1.26. The molecule has 0 unspecified atom stereocenters. The predicted octanol–water partition coefficient (Wildman–Crippen LogP) is 5.80. The Hall–Kier alpha value is -2.45. The molecule has 10 heteroatoms. The van der Waals surface area contributed by atoms with E-state index in [1.165, 1.54) is 43.5 Å². The van der Waals surface area contributed by atoms with Crippen LogP contribution in [0, 0.1) is 6.92 Å². The number of benzene rings is 3. The highest BCUT2D eigenvalue weighted by Crippen LogP contribution is 2.31. The van der Waals surface area contributed by atoms with Gasteiger partial charge in [0.05, 0.1) is 12.8 Å². The zero-order valence-corrected chi connectivity index (χ0v) is 20.2. The molecule has 168 valence electrons. The molecule has 0 radical (unpaired) electrons. The molecular formula is C22H19Cl3N2O4S. The minimum atomic E-state index is -4.18. The lowest BCUT2D eigenvalue weighted by Crippen LogP contribution is -2.38. The summed E-state index contributed by atoms with van der Waals surface area (Å²) in [6, 6.07) is 15.5. The number of carbonyl (C=O) groups excluding carboxylic acids is 1. The predicted molar refractivity (Wildman–Crippen MR) is 129 cm³/mol. The molecule has 0 aliphatic carbocycles. The third kappa shape index (κ3) is 5.66. The number of amides is 1. The number of ether oxygens (including phenoxy) is 1. The van der Waals surface area contributed by atoms with Crippen LogP contribution < -0.4 is 14.4 Å². The number of rotatable bonds is 7. The summed E-state index contributed by atoms with van der Waals surface area (Å²) >= 11 is 17.9. The molecule has 0 spiro atoms. The van der Waals surface area contributed by atoms with E-state index in [1.807, 2.05) is 0 Å². The molecule has 0 saturated heterocycles. The lowest BCUT2D eigenvalue weighted by atomic mass is 10.2. The number of aryl methyl sites for hydroxylation is 1. The van der Waals surface area contributed by atoms with Crippen LogP contribution in [0.15, 0.2) is 65.6 Å². The highest BCUT2D eigenvalue weighted by molar-refractivity contribution is 7.93. The number of halogens is 3. The Kier molecular flexibility index (Phi) is 7.56. The fraction of sp³-hybridized carbons (Fsp3) is 0.136. The maximum atomic E-state index is 13.6. The zero-order chi connectivity index (χ0) is 23.5. The molecule has 0 saturated carbocycles. The third-order valence-corrected chi connectivity index (χ3v) is 6.92. The lowest BCUT2D eigenvalue weighted by Gasteiger charge is -2.25. The van der Waals surface area contributed by atoms with Crippen molar-refractivity contribution in [1.82, 2.24) is 0 Å². The quantitative estimate of drug-likeness (QED) is 0.433. The summed E-state index contributed by atoms with van der Waals surface area (Å²) in [6.07, 6.45) is 0. The summed E-state index contributed by atoms with van der Waals surface area (Å²) < 4.78 is 33.5. The average molecular weight is 514 g/mol. The molecule has 0 heterocycles. The van der Waals surface area contributed by atoms with Crippen molar-refractivity contribution in [3.63, 3.8) is 0 Å². The number of carbonyl (C=O) groups is 1. The second kappa shape index (κ2) is 10.0. The number of sulfonamides is 1. The summed E-state index contributed by atoms with van der Waals surface area (Å²) in [5.74, 6) is -0.426. The number of nitrogens with zero attached hydrogens (tertiary/aromatic N) is 1. The Bertz CT molecular complexity index is 1230. The average Bonchev–Trinajstić information content (AvgIpc) is 2.72. The van der Waals surface area contributed by atoms with E-state index >= 15 is 0 Å². The van der Waals surface area contributed by atoms with Gasteiger partial charge in [-0.25, -0.2) is 8.42 Å². The van der Waals surface area contributed by atoms with Crippen LogP contribution in [0.3, 0.4) is 0 Å². The summed E-state index contributed by atoms with van der Waals surface area (Å²) in [4.78, 5) is 12.8. The van der Waals surface area contributed by atoms with E-state index in [-0.39, 0.29) is 16.3 Å². The molecule has 0 aliphatic heterocycles. The van der Waals surface area contributed by atoms with Gasteiger partial charge in [0.15, 0.2) is 0 Å². The van der Waals surface area contributed by atoms with Gasteiger partial charge in [-0.3, -0.25) is 9.10 Å². The molecule has 0 bridgehead atoms. The fourth-order valence-corrected chi connectivity index (χ4v) is 5.30. The van der Waals surface area contributed by atoms with Gasteiger partial charge in [0.1, 0.15) is 17.2 Å². The molecule has 0 fully saturated rings. The molecule has 0 atom stereocenters. The molecule has 3 rings (SSSR count). The van der Waals surface area contributed by atoms with Gasteiger partial charge in [-0.1, -0.05) is 40.9 Å². The van der Waals surface area contributed by atoms with Gasteiger partial charge in [-0.2, -0.15) is 0 Å². The van der Waals surface area contributed by atoms with E-state index in [0.717, 1.165) is 9.87 Å². The largest absolute Gasteiger partial charge is 0.495 e. The van der Waals surface area contributed by atoms with Gasteiger partial charge in [-0.15, -0.1) is 0 Å². The third-order valence-electron chi connectivity index (χ3n) is 4.44. The first-order chi connectivity index (χ1) is 15.1. The fourth-order valence-electron chi connectivity index (χ4n) is 2.98. The van der Waals surface area contributed by atoms with Crippen molar-refractivity contribution in [3.8, 4) is 5.75 Å². The smallest absolute Gasteiger partial charge is 0.268 e. The van der Waals surface area contributed by atoms with Crippen molar-refractivity contribution >= 4 is 62.1 Å². The summed E-state index contributed by atoms with van der Waals surface area (Å²) in [5.41, 5.74) is 1.32. The first kappa shape index (κ1) is 24.2. The molecule has 3 aromatic carbocycles. The highest BCUT2D eigenvalue weighted by Gasteiger charge is 2.30. The Morgan fingerprint density at radius 3 is 2.16 bits per heavy atom. The minimum Gasteiger partial charge on any atom is -0.495 e. The van der Waals surface area contributed by atoms with Crippen molar-refractivity contribution in [2.75, 3.05) is 23.3 Å². The van der Waals surface area contributed by atoms with E-state index in [0.29, 0.717) is 20.8 Å². The first-order valence-corrected chi connectivity index (χ1v) is 11.9. The molecular weight excluding hydrogens is 495 g/mol. The van der Waals surface area contributed by atoms with Crippen LogP contribution in [0.25, 0.3) is 0 Å². The van der Waals surface area contributed by atoms with Crippen molar-refractivity contribution in [2.45, 2.75) is 11.8 Å². The Labute approximate surface area is 201 Å². The number of hydrogen-bond donors (Lipinski definition) is 1. The molecule has 3 aromatic rings. The highest BCUT2D eigenvalue weighted by atomic mass is 35.5. The van der Waals surface area contributed by atoms with Gasteiger partial charge in [0, 0.05) is 20.8 Å². The Morgan fingerprint density at radius 2 is 1.56 bits per heavy atom. The zero-order valence-electron chi connectivity index (χ0n) is 17.1. The summed E-state index contributed by atoms with van der Waals surface area (Å²) in [5, 5.41) is 3.72. The van der Waals surface area contributed by atoms with Crippen LogP contribution in [0.5, 0.6) is 5.75 Å². The van der Waals surface area contributed by atoms with E-state index < -0.39 is 22.5 Å². The van der Waals surface area contributed by atoms with E-state index in [2.05, 4.69) is 5.32 Å². The van der Waals surface area contributed by atoms with Crippen LogP contribution in [0.4, 0.5) is 11.4 Å². The van der Waals surface area contributed by atoms with Crippen LogP contribution in [0.1, 0.15) is 5.56 Å². The van der Waals surface area contributed by atoms with E-state index in [4.69, 9.17) is 39.5 Å². The first-order valence-electron chi connectivity index (χ1n) is 9.29. The van der Waals surface area contributed by atoms with Crippen molar-refractivity contribution in [2.24, 2.45) is 0 Å². The maximum Gasteiger partial charge on any atom is 0.268 e. The van der Waals surface area contributed by atoms with E-state index in [1.54, 1.807) is 31.2 Å². The second-order valence-electron chi connectivity index (χ2n) is 6.85. The van der Waals surface area contributed by atoms with Crippen LogP contribution >= 0.6 is 34.8 Å². The molecule has 1 amide bonds. The summed E-state index contributed by atoms with van der Waals surface area (Å²) in [7, 11) is -2.80. The SMILES string of the molecule is COc1ccc(C)cc1S(=O)(=O)N(CC(=O)Nc1cc(Cl)cc(Cl)c1)c1ccc(Cl)cc1. The number of nitrogens with one attached hydrogen (secondary N) is 1. The molecule has 0 aliphatic rings. The van der Waals surface area contributed by atoms with Gasteiger partial charge in [0.2, 0.25) is 5.91 Å². The lowest BCUT2D eigenvalue weighted by molar-refractivity contribution is -0.114. The van der Waals surface area contributed by atoms with E-state index in [9.17, 15) is 13.2 Å². The van der Waals surface area contributed by atoms with Crippen LogP contribution in [-0.4, -0.2) is 28.0 Å². The minimum absolute atomic E-state index is 0.0615. The van der Waals surface area contributed by atoms with Crippen LogP contribution in [0.2, 0.25) is 15.1 Å². The Morgan fingerprint density at radius 1 is 0.938 bits per heavy atom. The molecule has 32 heavy (non-hydrogen) atoms. The van der Waals surface area contributed by atoms with Gasteiger partial charge in [-0.05, 0) is 67.1 Å². The number of hydrogen-bond acceptors (Lipinski definition) is 4. The topological polar surface area (TPSA) is 75.7 Å². The number of methoxy groups -OCH3 is 1. The second-order valence-corrected chi connectivity index (χ2v) is 9.99. The Balaban J connectivity index is 2.01. The van der Waals surface area contributed by atoms with Crippen LogP contribution in [-0.2, 0) is 14.8 Å². The molecule has 1 N–H and O–H groups in total. The van der Waals surface area contributed by atoms with Gasteiger partial charge < -0.3 is 10.1 Å².